The third-order valence-corrected chi connectivity index (χ3v) is 6.97. The fourth-order valence-corrected chi connectivity index (χ4v) is 5.08. The van der Waals surface area contributed by atoms with E-state index >= 15 is 0 Å². The lowest BCUT2D eigenvalue weighted by atomic mass is 10.0. The molecular formula is C23H21FN2O3S. The standard InChI is InChI=1S/C23H21FN2O3S/c1-16-8-12-19(13-9-16)30(28,29)26-14-4-5-17-10-11-18(15-22(17)26)25-23(27)20-6-2-3-7-21(20)24/h2-3,6-13,15H,4-5,14H2,1H3,(H,25,27). The Kier molecular flexibility index (Phi) is 5.30. The molecule has 1 heterocycles. The van der Waals surface area contributed by atoms with E-state index in [1.807, 2.05) is 13.0 Å². The molecule has 0 saturated heterocycles. The number of sulfonamides is 1. The van der Waals surface area contributed by atoms with Gasteiger partial charge in [0.05, 0.1) is 16.1 Å². The maximum atomic E-state index is 13.9. The van der Waals surface area contributed by atoms with Crippen molar-refractivity contribution >= 4 is 27.3 Å². The van der Waals surface area contributed by atoms with Crippen molar-refractivity contribution in [2.24, 2.45) is 0 Å². The molecule has 4 rings (SSSR count). The fourth-order valence-electron chi connectivity index (χ4n) is 3.55. The van der Waals surface area contributed by atoms with Crippen LogP contribution in [-0.2, 0) is 16.4 Å². The van der Waals surface area contributed by atoms with E-state index in [2.05, 4.69) is 5.32 Å². The number of carbonyl (C=O) groups excluding carboxylic acids is 1. The Balaban J connectivity index is 1.67. The number of hydrogen-bond acceptors (Lipinski definition) is 3. The Bertz CT molecular complexity index is 1210. The molecule has 0 radical (unpaired) electrons. The molecule has 0 atom stereocenters. The Morgan fingerprint density at radius 1 is 1.03 bits per heavy atom. The number of anilines is 2. The van der Waals surface area contributed by atoms with Crippen molar-refractivity contribution in [3.8, 4) is 0 Å². The second kappa shape index (κ2) is 7.91. The Morgan fingerprint density at radius 3 is 2.50 bits per heavy atom. The van der Waals surface area contributed by atoms with E-state index in [0.717, 1.165) is 17.5 Å². The largest absolute Gasteiger partial charge is 0.322 e. The molecule has 1 N–H and O–H groups in total. The van der Waals surface area contributed by atoms with Gasteiger partial charge in [0.1, 0.15) is 5.82 Å². The maximum absolute atomic E-state index is 13.9. The van der Waals surface area contributed by atoms with Crippen LogP contribution in [0.2, 0.25) is 0 Å². The van der Waals surface area contributed by atoms with E-state index in [1.54, 1.807) is 42.5 Å². The van der Waals surface area contributed by atoms with Crippen molar-refractivity contribution in [2.45, 2.75) is 24.7 Å². The molecule has 0 bridgehead atoms. The fraction of sp³-hybridized carbons (Fsp3) is 0.174. The first-order chi connectivity index (χ1) is 14.4. The predicted molar refractivity (Wildman–Crippen MR) is 115 cm³/mol. The molecule has 7 heteroatoms. The zero-order valence-electron chi connectivity index (χ0n) is 16.4. The summed E-state index contributed by atoms with van der Waals surface area (Å²) in [5.41, 5.74) is 2.74. The number of halogens is 1. The van der Waals surface area contributed by atoms with Crippen LogP contribution in [-0.4, -0.2) is 20.9 Å². The molecule has 0 saturated carbocycles. The van der Waals surface area contributed by atoms with Crippen LogP contribution in [0.15, 0.2) is 71.6 Å². The lowest BCUT2D eigenvalue weighted by Gasteiger charge is -2.31. The van der Waals surface area contributed by atoms with Gasteiger partial charge in [-0.3, -0.25) is 9.10 Å². The van der Waals surface area contributed by atoms with Crippen LogP contribution in [0.1, 0.15) is 27.9 Å². The highest BCUT2D eigenvalue weighted by Gasteiger charge is 2.29. The SMILES string of the molecule is Cc1ccc(S(=O)(=O)N2CCCc3ccc(NC(=O)c4ccccc4F)cc32)cc1. The number of hydrogen-bond donors (Lipinski definition) is 1. The number of fused-ring (bicyclic) bond motifs is 1. The van der Waals surface area contributed by atoms with Crippen LogP contribution < -0.4 is 9.62 Å². The summed E-state index contributed by atoms with van der Waals surface area (Å²) < 4.78 is 41.8. The number of benzene rings is 3. The van der Waals surface area contributed by atoms with Crippen molar-refractivity contribution in [1.29, 1.82) is 0 Å². The first-order valence-electron chi connectivity index (χ1n) is 9.64. The number of amides is 1. The van der Waals surface area contributed by atoms with E-state index in [-0.39, 0.29) is 10.5 Å². The highest BCUT2D eigenvalue weighted by molar-refractivity contribution is 7.92. The minimum Gasteiger partial charge on any atom is -0.322 e. The van der Waals surface area contributed by atoms with E-state index in [0.29, 0.717) is 24.3 Å². The van der Waals surface area contributed by atoms with Gasteiger partial charge in [-0.1, -0.05) is 35.9 Å². The molecule has 1 amide bonds. The lowest BCUT2D eigenvalue weighted by molar-refractivity contribution is 0.102. The van der Waals surface area contributed by atoms with Gasteiger partial charge >= 0.3 is 0 Å². The molecule has 154 valence electrons. The Morgan fingerprint density at radius 2 is 1.77 bits per heavy atom. The molecule has 30 heavy (non-hydrogen) atoms. The normalized spacial score (nSPS) is 13.6. The highest BCUT2D eigenvalue weighted by atomic mass is 32.2. The molecule has 0 spiro atoms. The summed E-state index contributed by atoms with van der Waals surface area (Å²) in [6, 6.07) is 17.6. The van der Waals surface area contributed by atoms with Gasteiger partial charge in [-0.15, -0.1) is 0 Å². The monoisotopic (exact) mass is 424 g/mol. The number of nitrogens with one attached hydrogen (secondary N) is 1. The van der Waals surface area contributed by atoms with Crippen LogP contribution in [0.25, 0.3) is 0 Å². The molecule has 1 aliphatic heterocycles. The topological polar surface area (TPSA) is 66.5 Å². The third-order valence-electron chi connectivity index (χ3n) is 5.15. The van der Waals surface area contributed by atoms with Gasteiger partial charge in [-0.2, -0.15) is 0 Å². The summed E-state index contributed by atoms with van der Waals surface area (Å²) in [6.07, 6.45) is 1.45. The first-order valence-corrected chi connectivity index (χ1v) is 11.1. The van der Waals surface area contributed by atoms with Gasteiger partial charge in [0, 0.05) is 12.2 Å². The summed E-state index contributed by atoms with van der Waals surface area (Å²) >= 11 is 0. The van der Waals surface area contributed by atoms with Crippen molar-refractivity contribution in [3.63, 3.8) is 0 Å². The molecule has 5 nitrogen and oxygen atoms in total. The number of nitrogens with zero attached hydrogens (tertiary/aromatic N) is 1. The first kappa shape index (κ1) is 20.1. The van der Waals surface area contributed by atoms with Crippen LogP contribution >= 0.6 is 0 Å². The van der Waals surface area contributed by atoms with Crippen LogP contribution in [0.3, 0.4) is 0 Å². The van der Waals surface area contributed by atoms with Crippen LogP contribution in [0.4, 0.5) is 15.8 Å². The second-order valence-corrected chi connectivity index (χ2v) is 9.13. The molecular weight excluding hydrogens is 403 g/mol. The lowest BCUT2D eigenvalue weighted by Crippen LogP contribution is -2.35. The van der Waals surface area contributed by atoms with Crippen LogP contribution in [0, 0.1) is 12.7 Å². The smallest absolute Gasteiger partial charge is 0.264 e. The molecule has 0 unspecified atom stereocenters. The average molecular weight is 424 g/mol. The van der Waals surface area contributed by atoms with E-state index < -0.39 is 21.7 Å². The zero-order valence-corrected chi connectivity index (χ0v) is 17.2. The molecule has 0 aliphatic carbocycles. The molecule has 3 aromatic carbocycles. The van der Waals surface area contributed by atoms with Gasteiger partial charge in [0.2, 0.25) is 0 Å². The van der Waals surface area contributed by atoms with Crippen molar-refractivity contribution in [3.05, 3.63) is 89.2 Å². The van der Waals surface area contributed by atoms with Gasteiger partial charge in [-0.05, 0) is 61.7 Å². The number of carbonyl (C=O) groups is 1. The number of rotatable bonds is 4. The minimum atomic E-state index is -3.74. The third kappa shape index (κ3) is 3.80. The summed E-state index contributed by atoms with van der Waals surface area (Å²) in [6.45, 7) is 2.26. The summed E-state index contributed by atoms with van der Waals surface area (Å²) in [5, 5.41) is 2.67. The summed E-state index contributed by atoms with van der Waals surface area (Å²) in [5.74, 6) is -1.20. The minimum absolute atomic E-state index is 0.0700. The van der Waals surface area contributed by atoms with Crippen molar-refractivity contribution in [2.75, 3.05) is 16.2 Å². The number of aryl methyl sites for hydroxylation is 2. The summed E-state index contributed by atoms with van der Waals surface area (Å²) in [7, 11) is -3.74. The highest BCUT2D eigenvalue weighted by Crippen LogP contribution is 2.34. The van der Waals surface area contributed by atoms with E-state index in [9.17, 15) is 17.6 Å². The quantitative estimate of drug-likeness (QED) is 0.669. The zero-order chi connectivity index (χ0) is 21.3. The van der Waals surface area contributed by atoms with Gasteiger partial charge in [-0.25, -0.2) is 12.8 Å². The van der Waals surface area contributed by atoms with E-state index in [4.69, 9.17) is 0 Å². The van der Waals surface area contributed by atoms with Gasteiger partial charge < -0.3 is 5.32 Å². The average Bonchev–Trinajstić information content (AvgIpc) is 2.73. The molecule has 3 aromatic rings. The van der Waals surface area contributed by atoms with Crippen molar-refractivity contribution < 1.29 is 17.6 Å². The van der Waals surface area contributed by atoms with Crippen LogP contribution in [0.5, 0.6) is 0 Å². The predicted octanol–water partition coefficient (Wildman–Crippen LogP) is 4.53. The summed E-state index contributed by atoms with van der Waals surface area (Å²) in [4.78, 5) is 12.7. The Hall–Kier alpha value is -3.19. The second-order valence-electron chi connectivity index (χ2n) is 7.27. The van der Waals surface area contributed by atoms with Gasteiger partial charge in [0.25, 0.3) is 15.9 Å². The maximum Gasteiger partial charge on any atom is 0.264 e. The Labute approximate surface area is 175 Å². The van der Waals surface area contributed by atoms with E-state index in [1.165, 1.54) is 22.5 Å². The molecule has 1 aliphatic rings. The van der Waals surface area contributed by atoms with Gasteiger partial charge in [0.15, 0.2) is 0 Å². The molecule has 0 fully saturated rings. The molecule has 0 aromatic heterocycles. The van der Waals surface area contributed by atoms with Crippen molar-refractivity contribution in [1.82, 2.24) is 0 Å².